The van der Waals surface area contributed by atoms with E-state index in [1.54, 1.807) is 4.90 Å². The normalized spacial score (nSPS) is 10.3. The molecule has 0 fully saturated rings. The van der Waals surface area contributed by atoms with Gasteiger partial charge >= 0.3 is 0 Å². The minimum Gasteiger partial charge on any atom is -0.356 e. The smallest absolute Gasteiger partial charge is 0.228 e. The third kappa shape index (κ3) is 2.91. The van der Waals surface area contributed by atoms with E-state index in [-0.39, 0.29) is 12.3 Å². The molecule has 98 valence electrons. The van der Waals surface area contributed by atoms with Gasteiger partial charge in [0.2, 0.25) is 5.91 Å². The van der Waals surface area contributed by atoms with Gasteiger partial charge in [0.25, 0.3) is 0 Å². The number of para-hydroxylation sites is 1. The molecule has 19 heavy (non-hydrogen) atoms. The highest BCUT2D eigenvalue weighted by atomic mass is 16.5. The largest absolute Gasteiger partial charge is 0.356 e. The number of aromatic nitrogens is 1. The van der Waals surface area contributed by atoms with Crippen molar-refractivity contribution in [3.8, 4) is 6.07 Å². The molecule has 2 rings (SSSR count). The van der Waals surface area contributed by atoms with Crippen molar-refractivity contribution in [3.63, 3.8) is 0 Å². The van der Waals surface area contributed by atoms with Gasteiger partial charge in [-0.15, -0.1) is 0 Å². The zero-order valence-corrected chi connectivity index (χ0v) is 10.8. The lowest BCUT2D eigenvalue weighted by Gasteiger charge is -2.18. The second-order valence-electron chi connectivity index (χ2n) is 4.18. The Kier molecular flexibility index (Phi) is 4.14. The van der Waals surface area contributed by atoms with Gasteiger partial charge in [-0.05, 0) is 19.1 Å². The van der Waals surface area contributed by atoms with Crippen LogP contribution >= 0.6 is 0 Å². The van der Waals surface area contributed by atoms with Crippen LogP contribution in [0.3, 0.4) is 0 Å². The molecule has 0 unspecified atom stereocenters. The van der Waals surface area contributed by atoms with Gasteiger partial charge in [0.05, 0.1) is 18.9 Å². The first-order valence-electron chi connectivity index (χ1n) is 6.24. The Balaban J connectivity index is 2.12. The van der Waals surface area contributed by atoms with E-state index in [0.29, 0.717) is 30.8 Å². The molecule has 5 heteroatoms. The Bertz CT molecular complexity index is 612. The van der Waals surface area contributed by atoms with E-state index in [0.717, 1.165) is 5.39 Å². The van der Waals surface area contributed by atoms with E-state index in [1.165, 1.54) is 0 Å². The first kappa shape index (κ1) is 13.1. The van der Waals surface area contributed by atoms with Gasteiger partial charge in [0.1, 0.15) is 5.69 Å². The average Bonchev–Trinajstić information content (AvgIpc) is 2.83. The molecular formula is C14H15N3O2. The van der Waals surface area contributed by atoms with E-state index in [1.807, 2.05) is 37.3 Å². The van der Waals surface area contributed by atoms with Crippen LogP contribution in [0, 0.1) is 11.3 Å². The molecule has 0 radical (unpaired) electrons. The predicted octanol–water partition coefficient (Wildman–Crippen LogP) is 2.13. The molecule has 0 spiro atoms. The predicted molar refractivity (Wildman–Crippen MR) is 70.2 cm³/mol. The van der Waals surface area contributed by atoms with Gasteiger partial charge in [-0.3, -0.25) is 4.79 Å². The van der Waals surface area contributed by atoms with Crippen LogP contribution in [0.15, 0.2) is 28.8 Å². The highest BCUT2D eigenvalue weighted by Crippen LogP contribution is 2.18. The molecule has 0 aliphatic heterocycles. The van der Waals surface area contributed by atoms with Crippen molar-refractivity contribution in [2.45, 2.75) is 19.8 Å². The van der Waals surface area contributed by atoms with Gasteiger partial charge in [0.15, 0.2) is 5.58 Å². The summed E-state index contributed by atoms with van der Waals surface area (Å²) in [6.45, 7) is 2.95. The molecule has 1 amide bonds. The maximum Gasteiger partial charge on any atom is 0.228 e. The number of amides is 1. The standard InChI is InChI=1S/C14H15N3O2/c1-2-17(9-5-8-15)14(18)10-12-11-6-3-4-7-13(11)19-16-12/h3-4,6-7H,2,5,9-10H2,1H3. The van der Waals surface area contributed by atoms with Crippen LogP contribution in [0.5, 0.6) is 0 Å². The molecule has 0 saturated heterocycles. The van der Waals surface area contributed by atoms with Crippen molar-refractivity contribution in [3.05, 3.63) is 30.0 Å². The summed E-state index contributed by atoms with van der Waals surface area (Å²) in [5, 5.41) is 13.4. The zero-order valence-electron chi connectivity index (χ0n) is 10.8. The van der Waals surface area contributed by atoms with Crippen LogP contribution in [0.25, 0.3) is 11.0 Å². The van der Waals surface area contributed by atoms with Gasteiger partial charge in [-0.2, -0.15) is 5.26 Å². The van der Waals surface area contributed by atoms with Crippen LogP contribution in [0.1, 0.15) is 19.0 Å². The van der Waals surface area contributed by atoms with Crippen LogP contribution in [-0.2, 0) is 11.2 Å². The number of likely N-dealkylation sites (N-methyl/N-ethyl adjacent to an activating group) is 1. The number of rotatable bonds is 5. The first-order valence-corrected chi connectivity index (χ1v) is 6.24. The number of carbonyl (C=O) groups is 1. The maximum absolute atomic E-state index is 12.1. The summed E-state index contributed by atoms with van der Waals surface area (Å²) < 4.78 is 5.17. The van der Waals surface area contributed by atoms with Gasteiger partial charge in [-0.25, -0.2) is 0 Å². The third-order valence-electron chi connectivity index (χ3n) is 3.00. The van der Waals surface area contributed by atoms with Crippen molar-refractivity contribution in [2.24, 2.45) is 0 Å². The molecule has 0 saturated carbocycles. The molecule has 0 N–H and O–H groups in total. The lowest BCUT2D eigenvalue weighted by atomic mass is 10.1. The Labute approximate surface area is 111 Å². The fourth-order valence-corrected chi connectivity index (χ4v) is 1.96. The molecule has 5 nitrogen and oxygen atoms in total. The number of hydrogen-bond donors (Lipinski definition) is 0. The van der Waals surface area contributed by atoms with Crippen LogP contribution in [0.2, 0.25) is 0 Å². The first-order chi connectivity index (χ1) is 9.26. The van der Waals surface area contributed by atoms with E-state index in [4.69, 9.17) is 9.78 Å². The number of carbonyl (C=O) groups excluding carboxylic acids is 1. The molecule has 1 aromatic carbocycles. The third-order valence-corrected chi connectivity index (χ3v) is 3.00. The Morgan fingerprint density at radius 1 is 1.47 bits per heavy atom. The van der Waals surface area contributed by atoms with Crippen molar-refractivity contribution in [2.75, 3.05) is 13.1 Å². The summed E-state index contributed by atoms with van der Waals surface area (Å²) >= 11 is 0. The fourth-order valence-electron chi connectivity index (χ4n) is 1.96. The van der Waals surface area contributed by atoms with Crippen LogP contribution in [-0.4, -0.2) is 29.1 Å². The molecule has 1 aromatic heterocycles. The average molecular weight is 257 g/mol. The summed E-state index contributed by atoms with van der Waals surface area (Å²) in [4.78, 5) is 13.8. The number of hydrogen-bond acceptors (Lipinski definition) is 4. The SMILES string of the molecule is CCN(CCC#N)C(=O)Cc1noc2ccccc12. The van der Waals surface area contributed by atoms with Crippen molar-refractivity contribution < 1.29 is 9.32 Å². The molecule has 0 bridgehead atoms. The second-order valence-corrected chi connectivity index (χ2v) is 4.18. The Hall–Kier alpha value is -2.35. The maximum atomic E-state index is 12.1. The summed E-state index contributed by atoms with van der Waals surface area (Å²) in [5.74, 6) is -0.0307. The zero-order chi connectivity index (χ0) is 13.7. The van der Waals surface area contributed by atoms with E-state index >= 15 is 0 Å². The summed E-state index contributed by atoms with van der Waals surface area (Å²) in [6.07, 6.45) is 0.551. The number of benzene rings is 1. The second kappa shape index (κ2) is 6.01. The highest BCUT2D eigenvalue weighted by molar-refractivity contribution is 5.86. The lowest BCUT2D eigenvalue weighted by molar-refractivity contribution is -0.130. The highest BCUT2D eigenvalue weighted by Gasteiger charge is 2.16. The van der Waals surface area contributed by atoms with Crippen LogP contribution < -0.4 is 0 Å². The van der Waals surface area contributed by atoms with E-state index in [2.05, 4.69) is 5.16 Å². The molecule has 0 aliphatic carbocycles. The van der Waals surface area contributed by atoms with Gasteiger partial charge < -0.3 is 9.42 Å². The topological polar surface area (TPSA) is 70.1 Å². The van der Waals surface area contributed by atoms with Gasteiger partial charge in [-0.1, -0.05) is 17.3 Å². The van der Waals surface area contributed by atoms with Crippen molar-refractivity contribution in [1.82, 2.24) is 10.1 Å². The molecule has 2 aromatic rings. The molecule has 1 heterocycles. The number of fused-ring (bicyclic) bond motifs is 1. The Morgan fingerprint density at radius 3 is 3.00 bits per heavy atom. The monoisotopic (exact) mass is 257 g/mol. The minimum absolute atomic E-state index is 0.0307. The summed E-state index contributed by atoms with van der Waals surface area (Å²) in [7, 11) is 0. The van der Waals surface area contributed by atoms with E-state index < -0.39 is 0 Å². The fraction of sp³-hybridized carbons (Fsp3) is 0.357. The van der Waals surface area contributed by atoms with Gasteiger partial charge in [0, 0.05) is 18.5 Å². The number of nitriles is 1. The summed E-state index contributed by atoms with van der Waals surface area (Å²) in [5.41, 5.74) is 1.33. The van der Waals surface area contributed by atoms with Crippen LogP contribution in [0.4, 0.5) is 0 Å². The molecular weight excluding hydrogens is 242 g/mol. The molecule has 0 atom stereocenters. The van der Waals surface area contributed by atoms with Crippen molar-refractivity contribution >= 4 is 16.9 Å². The van der Waals surface area contributed by atoms with Crippen molar-refractivity contribution in [1.29, 1.82) is 5.26 Å². The number of nitrogens with zero attached hydrogens (tertiary/aromatic N) is 3. The van der Waals surface area contributed by atoms with E-state index in [9.17, 15) is 4.79 Å². The summed E-state index contributed by atoms with van der Waals surface area (Å²) in [6, 6.07) is 9.51. The minimum atomic E-state index is -0.0307. The molecule has 0 aliphatic rings. The lowest BCUT2D eigenvalue weighted by Crippen LogP contribution is -2.33. The Morgan fingerprint density at radius 2 is 2.26 bits per heavy atom. The quantitative estimate of drug-likeness (QED) is 0.822.